The van der Waals surface area contributed by atoms with E-state index in [9.17, 15) is 18.0 Å². The second-order valence-electron chi connectivity index (χ2n) is 7.13. The third-order valence-electron chi connectivity index (χ3n) is 3.66. The molecule has 0 saturated carbocycles. The van der Waals surface area contributed by atoms with Crippen molar-refractivity contribution in [1.29, 1.82) is 0 Å². The molecular weight excluding hydrogens is 371 g/mol. The summed E-state index contributed by atoms with van der Waals surface area (Å²) < 4.78 is 40.3. The highest BCUT2D eigenvalue weighted by Crippen LogP contribution is 2.22. The number of carbonyl (C=O) groups excluding carboxylic acids is 1. The van der Waals surface area contributed by atoms with Crippen LogP contribution >= 0.6 is 0 Å². The van der Waals surface area contributed by atoms with Crippen molar-refractivity contribution in [2.75, 3.05) is 5.32 Å². The van der Waals surface area contributed by atoms with E-state index in [0.717, 1.165) is 18.2 Å². The number of hydrogen-bond donors (Lipinski definition) is 3. The molecule has 1 heterocycles. The van der Waals surface area contributed by atoms with E-state index >= 15 is 0 Å². The fraction of sp³-hybridized carbons (Fsp3) is 0.211. The van der Waals surface area contributed by atoms with Crippen LogP contribution in [0.25, 0.3) is 10.9 Å². The number of anilines is 1. The minimum atomic E-state index is -1.15. The van der Waals surface area contributed by atoms with Gasteiger partial charge in [0.2, 0.25) is 5.96 Å². The number of aliphatic imine (C=N–C) groups is 1. The van der Waals surface area contributed by atoms with Gasteiger partial charge in [0.25, 0.3) is 5.91 Å². The van der Waals surface area contributed by atoms with Gasteiger partial charge in [-0.1, -0.05) is 6.07 Å². The molecule has 3 rings (SSSR count). The molecule has 1 amide bonds. The number of hydrogen-bond acceptors (Lipinski definition) is 2. The molecule has 0 fully saturated rings. The van der Waals surface area contributed by atoms with Crippen molar-refractivity contribution >= 4 is 28.6 Å². The summed E-state index contributed by atoms with van der Waals surface area (Å²) in [6.07, 6.45) is 0. The Morgan fingerprint density at radius 3 is 2.50 bits per heavy atom. The standard InChI is InChI=1S/C19H18F3N5O/c1-19(2,3)25-18(24-17(28)10-7-8-12(20)14(22)9-10)23-16-11-5-4-6-13(21)15(11)26-27-16/h4-9H,1-3H3,(H3,23,24,25,26,27,28). The van der Waals surface area contributed by atoms with Gasteiger partial charge in [0.1, 0.15) is 11.3 Å². The number of rotatable bonds is 2. The van der Waals surface area contributed by atoms with Crippen LogP contribution in [0.15, 0.2) is 41.4 Å². The average Bonchev–Trinajstić information content (AvgIpc) is 3.00. The lowest BCUT2D eigenvalue weighted by Gasteiger charge is -2.23. The molecule has 0 saturated heterocycles. The van der Waals surface area contributed by atoms with Crippen LogP contribution < -0.4 is 10.6 Å². The van der Waals surface area contributed by atoms with Crippen molar-refractivity contribution < 1.29 is 18.0 Å². The van der Waals surface area contributed by atoms with Crippen LogP contribution in [-0.2, 0) is 0 Å². The van der Waals surface area contributed by atoms with Crippen LogP contribution in [0.3, 0.4) is 0 Å². The van der Waals surface area contributed by atoms with Crippen LogP contribution in [0, 0.1) is 17.5 Å². The molecule has 0 unspecified atom stereocenters. The van der Waals surface area contributed by atoms with Crippen molar-refractivity contribution in [3.05, 3.63) is 59.4 Å². The molecule has 0 radical (unpaired) electrons. The maximum atomic E-state index is 13.8. The van der Waals surface area contributed by atoms with Crippen molar-refractivity contribution in [3.8, 4) is 0 Å². The van der Waals surface area contributed by atoms with E-state index in [1.54, 1.807) is 6.07 Å². The largest absolute Gasteiger partial charge is 0.351 e. The van der Waals surface area contributed by atoms with E-state index in [-0.39, 0.29) is 22.9 Å². The van der Waals surface area contributed by atoms with E-state index < -0.39 is 28.9 Å². The lowest BCUT2D eigenvalue weighted by Crippen LogP contribution is -2.44. The summed E-state index contributed by atoms with van der Waals surface area (Å²) in [5, 5.41) is 12.9. The van der Waals surface area contributed by atoms with Gasteiger partial charge in [-0.25, -0.2) is 13.2 Å². The number of amides is 1. The van der Waals surface area contributed by atoms with E-state index in [1.165, 1.54) is 12.1 Å². The predicted octanol–water partition coefficient (Wildman–Crippen LogP) is 3.98. The molecule has 0 aliphatic heterocycles. The molecule has 3 aromatic rings. The Morgan fingerprint density at radius 2 is 1.82 bits per heavy atom. The van der Waals surface area contributed by atoms with Gasteiger partial charge in [-0.05, 0) is 51.1 Å². The average molecular weight is 389 g/mol. The molecule has 0 aliphatic rings. The summed E-state index contributed by atoms with van der Waals surface area (Å²) in [6, 6.07) is 7.23. The smallest absolute Gasteiger partial charge is 0.280 e. The summed E-state index contributed by atoms with van der Waals surface area (Å²) in [5.74, 6) is -3.19. The number of benzene rings is 2. The highest BCUT2D eigenvalue weighted by molar-refractivity contribution is 6.08. The Kier molecular flexibility index (Phi) is 5.08. The van der Waals surface area contributed by atoms with Crippen LogP contribution in [0.5, 0.6) is 0 Å². The third-order valence-corrected chi connectivity index (χ3v) is 3.66. The molecule has 0 aliphatic carbocycles. The summed E-state index contributed by atoms with van der Waals surface area (Å²) in [5.41, 5.74) is -0.406. The molecule has 6 nitrogen and oxygen atoms in total. The second-order valence-corrected chi connectivity index (χ2v) is 7.13. The molecule has 9 heteroatoms. The van der Waals surface area contributed by atoms with E-state index in [1.807, 2.05) is 20.8 Å². The zero-order chi connectivity index (χ0) is 20.5. The molecule has 146 valence electrons. The topological polar surface area (TPSA) is 82.2 Å². The molecule has 0 spiro atoms. The van der Waals surface area contributed by atoms with Crippen LogP contribution in [0.2, 0.25) is 0 Å². The number of aromatic nitrogens is 2. The summed E-state index contributed by atoms with van der Waals surface area (Å²) in [6.45, 7) is 5.53. The van der Waals surface area contributed by atoms with Gasteiger partial charge in [0.05, 0.1) is 0 Å². The summed E-state index contributed by atoms with van der Waals surface area (Å²) in [4.78, 5) is 16.3. The number of H-pyrrole nitrogens is 1. The Balaban J connectivity index is 1.96. The Bertz CT molecular complexity index is 1070. The highest BCUT2D eigenvalue weighted by atomic mass is 19.2. The zero-order valence-electron chi connectivity index (χ0n) is 15.4. The number of aromatic amines is 1. The molecule has 0 atom stereocenters. The summed E-state index contributed by atoms with van der Waals surface area (Å²) in [7, 11) is 0. The number of nitrogens with one attached hydrogen (secondary N) is 3. The number of halogens is 3. The molecular formula is C19H18F3N5O. The lowest BCUT2D eigenvalue weighted by molar-refractivity contribution is 0.100. The predicted molar refractivity (Wildman–Crippen MR) is 101 cm³/mol. The normalized spacial score (nSPS) is 12.3. The van der Waals surface area contributed by atoms with Gasteiger partial charge in [0, 0.05) is 16.5 Å². The van der Waals surface area contributed by atoms with Gasteiger partial charge in [-0.2, -0.15) is 10.1 Å². The van der Waals surface area contributed by atoms with Crippen molar-refractivity contribution in [3.63, 3.8) is 0 Å². The Morgan fingerprint density at radius 1 is 1.07 bits per heavy atom. The molecule has 1 aromatic heterocycles. The van der Waals surface area contributed by atoms with Crippen molar-refractivity contribution in [2.24, 2.45) is 4.99 Å². The number of para-hydroxylation sites is 1. The molecule has 3 N–H and O–H groups in total. The monoisotopic (exact) mass is 389 g/mol. The second kappa shape index (κ2) is 7.34. The highest BCUT2D eigenvalue weighted by Gasteiger charge is 2.18. The van der Waals surface area contributed by atoms with Gasteiger partial charge in [-0.3, -0.25) is 9.89 Å². The number of carbonyl (C=O) groups is 1. The minimum absolute atomic E-state index is 0.0277. The van der Waals surface area contributed by atoms with Crippen molar-refractivity contribution in [1.82, 2.24) is 15.5 Å². The van der Waals surface area contributed by atoms with Gasteiger partial charge in [0.15, 0.2) is 17.5 Å². The van der Waals surface area contributed by atoms with Crippen LogP contribution in [0.4, 0.5) is 19.0 Å². The van der Waals surface area contributed by atoms with Gasteiger partial charge < -0.3 is 10.6 Å². The van der Waals surface area contributed by atoms with Crippen LogP contribution in [-0.4, -0.2) is 27.6 Å². The first-order chi connectivity index (χ1) is 13.1. The maximum Gasteiger partial charge on any atom is 0.280 e. The quantitative estimate of drug-likeness (QED) is 0.457. The summed E-state index contributed by atoms with van der Waals surface area (Å²) >= 11 is 0. The Hall–Kier alpha value is -3.36. The van der Waals surface area contributed by atoms with Gasteiger partial charge >= 0.3 is 0 Å². The number of fused-ring (bicyclic) bond motifs is 1. The first kappa shape index (κ1) is 19.4. The maximum absolute atomic E-state index is 13.8. The number of nitrogens with zero attached hydrogens (tertiary/aromatic N) is 2. The van der Waals surface area contributed by atoms with Crippen molar-refractivity contribution in [2.45, 2.75) is 26.3 Å². The minimum Gasteiger partial charge on any atom is -0.351 e. The molecule has 2 aromatic carbocycles. The fourth-order valence-electron chi connectivity index (χ4n) is 2.45. The fourth-order valence-corrected chi connectivity index (χ4v) is 2.45. The first-order valence-electron chi connectivity index (χ1n) is 8.40. The van der Waals surface area contributed by atoms with E-state index in [2.05, 4.69) is 25.8 Å². The Labute approximate surface area is 158 Å². The molecule has 0 bridgehead atoms. The first-order valence-corrected chi connectivity index (χ1v) is 8.40. The zero-order valence-corrected chi connectivity index (χ0v) is 15.4. The number of guanidine groups is 1. The third kappa shape index (κ3) is 4.30. The van der Waals surface area contributed by atoms with Crippen LogP contribution in [0.1, 0.15) is 31.1 Å². The van der Waals surface area contributed by atoms with E-state index in [4.69, 9.17) is 0 Å². The van der Waals surface area contributed by atoms with E-state index in [0.29, 0.717) is 5.39 Å². The SMILES string of the molecule is CC(C)(C)N/C(=N/C(=O)c1ccc(F)c(F)c1)Nc1n[nH]c2c(F)cccc12. The molecule has 28 heavy (non-hydrogen) atoms. The van der Waals surface area contributed by atoms with Gasteiger partial charge in [-0.15, -0.1) is 0 Å². The lowest BCUT2D eigenvalue weighted by atomic mass is 10.1.